The molecule has 1 saturated heterocycles. The maximum absolute atomic E-state index is 11.6. The highest BCUT2D eigenvalue weighted by molar-refractivity contribution is 9.13. The van der Waals surface area contributed by atoms with Crippen molar-refractivity contribution in [2.75, 3.05) is 0 Å². The van der Waals surface area contributed by atoms with Gasteiger partial charge in [-0.15, -0.1) is 0 Å². The Morgan fingerprint density at radius 2 is 1.57 bits per heavy atom. The second-order valence-corrected chi connectivity index (χ2v) is 6.44. The zero-order valence-electron chi connectivity index (χ0n) is 7.00. The summed E-state index contributed by atoms with van der Waals surface area (Å²) in [6.07, 6.45) is 4.80. The summed E-state index contributed by atoms with van der Waals surface area (Å²) in [5.41, 5.74) is 0. The summed E-state index contributed by atoms with van der Waals surface area (Å²) >= 11 is 6.80. The molecule has 0 aromatic rings. The van der Waals surface area contributed by atoms with Crippen LogP contribution in [0, 0.1) is 11.8 Å². The van der Waals surface area contributed by atoms with Crippen molar-refractivity contribution in [2.45, 2.75) is 15.1 Å². The molecule has 74 valence electrons. The Morgan fingerprint density at radius 3 is 2.00 bits per heavy atom. The quantitative estimate of drug-likeness (QED) is 0.294. The third-order valence-electron chi connectivity index (χ3n) is 3.41. The van der Waals surface area contributed by atoms with Gasteiger partial charge in [-0.1, -0.05) is 44.0 Å². The lowest BCUT2D eigenvalue weighted by Crippen LogP contribution is -2.50. The van der Waals surface area contributed by atoms with E-state index in [1.54, 1.807) is 0 Å². The van der Waals surface area contributed by atoms with Crippen molar-refractivity contribution in [3.63, 3.8) is 0 Å². The Bertz CT molecular complexity index is 358. The molecule has 2 fully saturated rings. The van der Waals surface area contributed by atoms with E-state index in [0.29, 0.717) is 0 Å². The fourth-order valence-electron chi connectivity index (χ4n) is 2.66. The average molecular weight is 322 g/mol. The van der Waals surface area contributed by atoms with Gasteiger partial charge in [-0.3, -0.25) is 0 Å². The molecule has 2 bridgehead atoms. The van der Waals surface area contributed by atoms with Crippen LogP contribution in [0.25, 0.3) is 0 Å². The number of alkyl halides is 2. The van der Waals surface area contributed by atoms with Crippen molar-refractivity contribution in [3.05, 3.63) is 12.2 Å². The zero-order valence-corrected chi connectivity index (χ0v) is 10.2. The summed E-state index contributed by atoms with van der Waals surface area (Å²) in [5.74, 6) is -0.802. The van der Waals surface area contributed by atoms with E-state index in [4.69, 9.17) is 4.74 Å². The van der Waals surface area contributed by atoms with E-state index in [9.17, 15) is 9.59 Å². The summed E-state index contributed by atoms with van der Waals surface area (Å²) < 4.78 is 2.95. The van der Waals surface area contributed by atoms with E-state index in [2.05, 4.69) is 31.9 Å². The number of esters is 2. The topological polar surface area (TPSA) is 43.4 Å². The normalized spacial score (nSPS) is 53.9. The number of carbonyl (C=O) groups is 2. The first kappa shape index (κ1) is 9.09. The number of fused-ring (bicyclic) bond motifs is 5. The van der Waals surface area contributed by atoms with Crippen LogP contribution in [0.15, 0.2) is 12.2 Å². The lowest BCUT2D eigenvalue weighted by Gasteiger charge is -2.31. The fraction of sp³-hybridized carbons (Fsp3) is 0.556. The molecule has 0 radical (unpaired) electrons. The number of hydrogen-bond donors (Lipinski definition) is 0. The van der Waals surface area contributed by atoms with Crippen molar-refractivity contribution in [2.24, 2.45) is 11.8 Å². The van der Waals surface area contributed by atoms with Crippen molar-refractivity contribution >= 4 is 43.8 Å². The second-order valence-electron chi connectivity index (χ2n) is 3.93. The van der Waals surface area contributed by atoms with Gasteiger partial charge in [0.1, 0.15) is 0 Å². The van der Waals surface area contributed by atoms with Gasteiger partial charge in [-0.25, -0.2) is 9.59 Å². The highest BCUT2D eigenvalue weighted by Crippen LogP contribution is 2.65. The van der Waals surface area contributed by atoms with E-state index < -0.39 is 20.6 Å². The standard InChI is InChI=1S/C9H6Br2O3/c10-8-4-1-2-5(3-4)9(8,11)7(13)14-6(8)12/h1-2,4-5H,3H2/t4-,5+,8-,9+. The third kappa shape index (κ3) is 0.662. The molecule has 3 aliphatic rings. The first-order chi connectivity index (χ1) is 6.51. The van der Waals surface area contributed by atoms with Gasteiger partial charge in [0.05, 0.1) is 0 Å². The zero-order chi connectivity index (χ0) is 10.1. The SMILES string of the molecule is O=C1OC(=O)[C@]2(Br)[C@@H]3C=C[C@@H](C3)[C@]12Br. The predicted octanol–water partition coefficient (Wildman–Crippen LogP) is 1.54. The smallest absolute Gasteiger partial charge is 0.333 e. The molecular formula is C9H6Br2O3. The van der Waals surface area contributed by atoms with Gasteiger partial charge >= 0.3 is 11.9 Å². The number of hydrogen-bond acceptors (Lipinski definition) is 3. The van der Waals surface area contributed by atoms with E-state index in [1.807, 2.05) is 12.2 Å². The molecule has 2 aliphatic carbocycles. The Hall–Kier alpha value is -0.160. The highest BCUT2D eigenvalue weighted by Gasteiger charge is 2.77. The maximum atomic E-state index is 11.6. The van der Waals surface area contributed by atoms with Crippen molar-refractivity contribution in [3.8, 4) is 0 Å². The molecule has 5 heteroatoms. The van der Waals surface area contributed by atoms with Crippen LogP contribution in [0.4, 0.5) is 0 Å². The molecule has 0 N–H and O–H groups in total. The molecule has 0 aromatic carbocycles. The third-order valence-corrected chi connectivity index (χ3v) is 7.02. The minimum absolute atomic E-state index is 0.0609. The van der Waals surface area contributed by atoms with Gasteiger partial charge < -0.3 is 4.74 Å². The lowest BCUT2D eigenvalue weighted by molar-refractivity contribution is -0.153. The Labute approximate surface area is 97.1 Å². The highest BCUT2D eigenvalue weighted by atomic mass is 79.9. The monoisotopic (exact) mass is 320 g/mol. The van der Waals surface area contributed by atoms with Gasteiger partial charge in [0.2, 0.25) is 0 Å². The van der Waals surface area contributed by atoms with Gasteiger partial charge in [-0.05, 0) is 6.42 Å². The minimum atomic E-state index is -0.878. The molecule has 1 saturated carbocycles. The number of rotatable bonds is 0. The summed E-state index contributed by atoms with van der Waals surface area (Å²) in [7, 11) is 0. The lowest BCUT2D eigenvalue weighted by atomic mass is 9.84. The minimum Gasteiger partial charge on any atom is -0.391 e. The second kappa shape index (κ2) is 2.32. The van der Waals surface area contributed by atoms with Crippen molar-refractivity contribution in [1.29, 1.82) is 0 Å². The van der Waals surface area contributed by atoms with E-state index in [1.165, 1.54) is 0 Å². The number of carbonyl (C=O) groups excluding carboxylic acids is 2. The van der Waals surface area contributed by atoms with Crippen LogP contribution in [0.5, 0.6) is 0 Å². The molecule has 3 rings (SSSR count). The molecular weight excluding hydrogens is 316 g/mol. The summed E-state index contributed by atoms with van der Waals surface area (Å²) in [4.78, 5) is 23.3. The van der Waals surface area contributed by atoms with Crippen LogP contribution in [-0.2, 0) is 14.3 Å². The van der Waals surface area contributed by atoms with Gasteiger partial charge in [-0.2, -0.15) is 0 Å². The van der Waals surface area contributed by atoms with E-state index in [-0.39, 0.29) is 11.8 Å². The van der Waals surface area contributed by atoms with Crippen LogP contribution in [-0.4, -0.2) is 20.6 Å². The average Bonchev–Trinajstić information content (AvgIpc) is 2.73. The summed E-state index contributed by atoms with van der Waals surface area (Å²) in [6, 6.07) is 0. The molecule has 14 heavy (non-hydrogen) atoms. The van der Waals surface area contributed by atoms with Crippen molar-refractivity contribution < 1.29 is 14.3 Å². The Morgan fingerprint density at radius 1 is 1.14 bits per heavy atom. The van der Waals surface area contributed by atoms with Gasteiger partial charge in [0.15, 0.2) is 8.65 Å². The number of ether oxygens (including phenoxy) is 1. The predicted molar refractivity (Wildman–Crippen MR) is 55.2 cm³/mol. The first-order valence-electron chi connectivity index (χ1n) is 4.34. The Kier molecular flexibility index (Phi) is 1.51. The number of cyclic esters (lactones) is 2. The molecule has 1 aliphatic heterocycles. The molecule has 0 spiro atoms. The largest absolute Gasteiger partial charge is 0.391 e. The Balaban J connectivity index is 2.26. The fourth-order valence-corrected chi connectivity index (χ4v) is 4.41. The van der Waals surface area contributed by atoms with E-state index in [0.717, 1.165) is 6.42 Å². The first-order valence-corrected chi connectivity index (χ1v) is 5.92. The molecule has 0 unspecified atom stereocenters. The molecule has 3 nitrogen and oxygen atoms in total. The maximum Gasteiger partial charge on any atom is 0.333 e. The van der Waals surface area contributed by atoms with Crippen LogP contribution in [0.1, 0.15) is 6.42 Å². The van der Waals surface area contributed by atoms with E-state index >= 15 is 0 Å². The number of allylic oxidation sites excluding steroid dienone is 2. The van der Waals surface area contributed by atoms with Gasteiger partial charge in [0, 0.05) is 11.8 Å². The number of halogens is 2. The van der Waals surface area contributed by atoms with Crippen molar-refractivity contribution in [1.82, 2.24) is 0 Å². The van der Waals surface area contributed by atoms with Crippen LogP contribution >= 0.6 is 31.9 Å². The molecule has 1 heterocycles. The molecule has 0 amide bonds. The van der Waals surface area contributed by atoms with Crippen LogP contribution < -0.4 is 0 Å². The summed E-state index contributed by atoms with van der Waals surface area (Å²) in [5, 5.41) is 0. The summed E-state index contributed by atoms with van der Waals surface area (Å²) in [6.45, 7) is 0. The molecule has 4 atom stereocenters. The van der Waals surface area contributed by atoms with Crippen LogP contribution in [0.3, 0.4) is 0 Å². The van der Waals surface area contributed by atoms with Crippen LogP contribution in [0.2, 0.25) is 0 Å². The van der Waals surface area contributed by atoms with Gasteiger partial charge in [0.25, 0.3) is 0 Å². The molecule has 0 aromatic heterocycles.